The van der Waals surface area contributed by atoms with Crippen molar-refractivity contribution >= 4 is 17.5 Å². The molecule has 0 saturated carbocycles. The van der Waals surface area contributed by atoms with Crippen LogP contribution in [0.15, 0.2) is 42.9 Å². The van der Waals surface area contributed by atoms with Gasteiger partial charge in [-0.05, 0) is 24.3 Å². The molecule has 1 aliphatic heterocycles. The number of aromatic nitrogens is 2. The largest absolute Gasteiger partial charge is 0.353 e. The van der Waals surface area contributed by atoms with Gasteiger partial charge in [0.15, 0.2) is 0 Å². The van der Waals surface area contributed by atoms with Crippen LogP contribution in [-0.4, -0.2) is 47.1 Å². The first-order valence-corrected chi connectivity index (χ1v) is 7.33. The minimum atomic E-state index is -0.128. The highest BCUT2D eigenvalue weighted by Gasteiger charge is 2.22. The van der Waals surface area contributed by atoms with Crippen LogP contribution in [-0.2, 0) is 0 Å². The molecular formula is C16H16N6O. The fraction of sp³-hybridized carbons (Fsp3) is 0.250. The second-order valence-electron chi connectivity index (χ2n) is 5.16. The lowest BCUT2D eigenvalue weighted by Crippen LogP contribution is -2.50. The van der Waals surface area contributed by atoms with E-state index in [2.05, 4.69) is 26.3 Å². The Morgan fingerprint density at radius 3 is 2.74 bits per heavy atom. The van der Waals surface area contributed by atoms with Crippen LogP contribution in [0.3, 0.4) is 0 Å². The molecule has 0 spiro atoms. The quantitative estimate of drug-likeness (QED) is 0.912. The Balaban J connectivity index is 1.58. The van der Waals surface area contributed by atoms with Gasteiger partial charge in [0.2, 0.25) is 0 Å². The molecule has 2 amide bonds. The second-order valence-corrected chi connectivity index (χ2v) is 5.16. The zero-order valence-electron chi connectivity index (χ0n) is 12.5. The summed E-state index contributed by atoms with van der Waals surface area (Å²) >= 11 is 0. The summed E-state index contributed by atoms with van der Waals surface area (Å²) in [5.41, 5.74) is 1.27. The van der Waals surface area contributed by atoms with Crippen LogP contribution >= 0.6 is 0 Å². The molecule has 1 aliphatic rings. The molecule has 1 saturated heterocycles. The summed E-state index contributed by atoms with van der Waals surface area (Å²) in [7, 11) is 0. The maximum Gasteiger partial charge on any atom is 0.322 e. The number of carbonyl (C=O) groups excluding carboxylic acids is 1. The number of hydrogen-bond acceptors (Lipinski definition) is 5. The van der Waals surface area contributed by atoms with E-state index in [9.17, 15) is 4.79 Å². The van der Waals surface area contributed by atoms with Gasteiger partial charge in [0.25, 0.3) is 0 Å². The highest BCUT2D eigenvalue weighted by Crippen LogP contribution is 2.15. The average Bonchev–Trinajstić information content (AvgIpc) is 2.63. The normalized spacial score (nSPS) is 14.2. The van der Waals surface area contributed by atoms with Gasteiger partial charge in [-0.1, -0.05) is 0 Å². The molecule has 0 unspecified atom stereocenters. The Hall–Kier alpha value is -3.14. The average molecular weight is 308 g/mol. The van der Waals surface area contributed by atoms with Crippen molar-refractivity contribution in [3.63, 3.8) is 0 Å². The molecule has 3 rings (SSSR count). The maximum absolute atomic E-state index is 12.2. The number of amides is 2. The molecule has 1 fully saturated rings. The number of nitriles is 1. The zero-order chi connectivity index (χ0) is 16.1. The van der Waals surface area contributed by atoms with Crippen LogP contribution < -0.4 is 10.2 Å². The first-order chi connectivity index (χ1) is 11.3. The topological polar surface area (TPSA) is 85.2 Å². The van der Waals surface area contributed by atoms with Crippen molar-refractivity contribution in [2.24, 2.45) is 0 Å². The monoisotopic (exact) mass is 308 g/mol. The van der Waals surface area contributed by atoms with E-state index < -0.39 is 0 Å². The van der Waals surface area contributed by atoms with Crippen molar-refractivity contribution in [1.82, 2.24) is 14.9 Å². The number of pyridine rings is 2. The third kappa shape index (κ3) is 3.55. The van der Waals surface area contributed by atoms with Crippen molar-refractivity contribution in [1.29, 1.82) is 5.26 Å². The number of nitrogens with zero attached hydrogens (tertiary/aromatic N) is 5. The Labute approximate surface area is 134 Å². The lowest BCUT2D eigenvalue weighted by atomic mass is 10.2. The Morgan fingerprint density at radius 2 is 2.04 bits per heavy atom. The molecule has 2 aromatic rings. The van der Waals surface area contributed by atoms with E-state index in [0.29, 0.717) is 37.4 Å². The number of anilines is 2. The van der Waals surface area contributed by atoms with E-state index >= 15 is 0 Å². The first-order valence-electron chi connectivity index (χ1n) is 7.33. The van der Waals surface area contributed by atoms with E-state index in [1.807, 2.05) is 0 Å². The Bertz CT molecular complexity index is 719. The van der Waals surface area contributed by atoms with Gasteiger partial charge in [0.05, 0.1) is 23.5 Å². The minimum Gasteiger partial charge on any atom is -0.353 e. The number of carbonyl (C=O) groups is 1. The molecule has 7 nitrogen and oxygen atoms in total. The van der Waals surface area contributed by atoms with E-state index in [4.69, 9.17) is 5.26 Å². The van der Waals surface area contributed by atoms with Gasteiger partial charge in [-0.2, -0.15) is 5.26 Å². The fourth-order valence-corrected chi connectivity index (χ4v) is 2.44. The van der Waals surface area contributed by atoms with E-state index in [-0.39, 0.29) is 6.03 Å². The van der Waals surface area contributed by atoms with Crippen LogP contribution in [0.2, 0.25) is 0 Å². The summed E-state index contributed by atoms with van der Waals surface area (Å²) in [4.78, 5) is 24.3. The third-order valence-electron chi connectivity index (χ3n) is 3.68. The predicted molar refractivity (Wildman–Crippen MR) is 86.0 cm³/mol. The second kappa shape index (κ2) is 6.75. The third-order valence-corrected chi connectivity index (χ3v) is 3.68. The number of urea groups is 1. The summed E-state index contributed by atoms with van der Waals surface area (Å²) < 4.78 is 0. The van der Waals surface area contributed by atoms with Gasteiger partial charge >= 0.3 is 6.03 Å². The fourth-order valence-electron chi connectivity index (χ4n) is 2.44. The zero-order valence-corrected chi connectivity index (χ0v) is 12.5. The summed E-state index contributed by atoms with van der Waals surface area (Å²) in [6, 6.07) is 9.02. The lowest BCUT2D eigenvalue weighted by molar-refractivity contribution is 0.208. The lowest BCUT2D eigenvalue weighted by Gasteiger charge is -2.35. The van der Waals surface area contributed by atoms with Crippen molar-refractivity contribution in [2.45, 2.75) is 0 Å². The van der Waals surface area contributed by atoms with Crippen LogP contribution in [0.25, 0.3) is 0 Å². The predicted octanol–water partition coefficient (Wildman–Crippen LogP) is 1.70. The SMILES string of the molecule is N#Cc1ccnc(N2CCN(C(=O)Nc3cccnc3)CC2)c1. The van der Waals surface area contributed by atoms with E-state index in [0.717, 1.165) is 5.82 Å². The summed E-state index contributed by atoms with van der Waals surface area (Å²) in [6.07, 6.45) is 4.91. The Morgan fingerprint density at radius 1 is 1.22 bits per heavy atom. The summed E-state index contributed by atoms with van der Waals surface area (Å²) in [5.74, 6) is 0.774. The van der Waals surface area contributed by atoms with Gasteiger partial charge in [0.1, 0.15) is 5.82 Å². The molecule has 23 heavy (non-hydrogen) atoms. The number of rotatable bonds is 2. The van der Waals surface area contributed by atoms with Gasteiger partial charge in [-0.15, -0.1) is 0 Å². The number of nitrogens with one attached hydrogen (secondary N) is 1. The van der Waals surface area contributed by atoms with Crippen LogP contribution in [0.5, 0.6) is 0 Å². The molecule has 0 bridgehead atoms. The summed E-state index contributed by atoms with van der Waals surface area (Å²) in [6.45, 7) is 2.57. The molecule has 0 radical (unpaired) electrons. The molecular weight excluding hydrogens is 292 g/mol. The van der Waals surface area contributed by atoms with Gasteiger partial charge in [0, 0.05) is 38.6 Å². The smallest absolute Gasteiger partial charge is 0.322 e. The molecule has 116 valence electrons. The standard InChI is InChI=1S/C16H16N6O/c17-11-13-3-5-19-15(10-13)21-6-8-22(9-7-21)16(23)20-14-2-1-4-18-12-14/h1-5,10,12H,6-9H2,(H,20,23). The van der Waals surface area contributed by atoms with Gasteiger partial charge < -0.3 is 15.1 Å². The van der Waals surface area contributed by atoms with Crippen LogP contribution in [0.1, 0.15) is 5.56 Å². The number of hydrogen-bond donors (Lipinski definition) is 1. The van der Waals surface area contributed by atoms with Gasteiger partial charge in [-0.3, -0.25) is 4.98 Å². The van der Waals surface area contributed by atoms with Crippen LogP contribution in [0, 0.1) is 11.3 Å². The minimum absolute atomic E-state index is 0.128. The highest BCUT2D eigenvalue weighted by atomic mass is 16.2. The van der Waals surface area contributed by atoms with Crippen molar-refractivity contribution in [3.05, 3.63) is 48.4 Å². The maximum atomic E-state index is 12.2. The molecule has 3 heterocycles. The van der Waals surface area contributed by atoms with Crippen molar-refractivity contribution in [2.75, 3.05) is 36.4 Å². The molecule has 0 aliphatic carbocycles. The van der Waals surface area contributed by atoms with E-state index in [1.54, 1.807) is 47.8 Å². The highest BCUT2D eigenvalue weighted by molar-refractivity contribution is 5.89. The summed E-state index contributed by atoms with van der Waals surface area (Å²) in [5, 5.41) is 11.8. The first kappa shape index (κ1) is 14.8. The van der Waals surface area contributed by atoms with E-state index in [1.165, 1.54) is 0 Å². The molecule has 0 aromatic carbocycles. The number of piperazine rings is 1. The van der Waals surface area contributed by atoms with Crippen molar-refractivity contribution < 1.29 is 4.79 Å². The molecule has 2 aromatic heterocycles. The molecule has 0 atom stereocenters. The molecule has 1 N–H and O–H groups in total. The van der Waals surface area contributed by atoms with Crippen LogP contribution in [0.4, 0.5) is 16.3 Å². The van der Waals surface area contributed by atoms with Crippen molar-refractivity contribution in [3.8, 4) is 6.07 Å². The molecule has 7 heteroatoms. The Kier molecular flexibility index (Phi) is 4.34. The van der Waals surface area contributed by atoms with Gasteiger partial charge in [-0.25, -0.2) is 9.78 Å².